The molecule has 2 atom stereocenters. The Hall–Kier alpha value is -3.85. The van der Waals surface area contributed by atoms with Crippen molar-refractivity contribution in [2.45, 2.75) is 58.9 Å². The standard InChI is InChI=1S/C33H38N4O4S/c1-5-41-32(40)25-10-9-17-36(19-25)28(38)18-27-20-42-33-34-22(4)29(31(39)35-26-11-7-6-8-12-26)30(37(27)33)24-15-13-23(14-16-24)21(2)3/h6-8,11-16,20-21,25,30H,5,9-10,17-19H2,1-4H3,(H,35,39)/t25-,30-/m1/s1. The van der Waals surface area contributed by atoms with Crippen molar-refractivity contribution in [1.29, 1.82) is 0 Å². The summed E-state index contributed by atoms with van der Waals surface area (Å²) in [5.41, 5.74) is 4.84. The number of thioether (sulfide) groups is 1. The summed E-state index contributed by atoms with van der Waals surface area (Å²) in [4.78, 5) is 48.5. The second-order valence-electron chi connectivity index (χ2n) is 11.1. The third kappa shape index (κ3) is 6.31. The number of carbonyl (C=O) groups excluding carboxylic acids is 3. The number of carbonyl (C=O) groups is 3. The van der Waals surface area contributed by atoms with Gasteiger partial charge in [-0.1, -0.05) is 68.1 Å². The molecule has 1 N–H and O–H groups in total. The molecule has 0 aliphatic carbocycles. The van der Waals surface area contributed by atoms with E-state index in [2.05, 4.69) is 43.4 Å². The molecule has 220 valence electrons. The van der Waals surface area contributed by atoms with E-state index in [0.29, 0.717) is 42.6 Å². The molecule has 0 saturated carbocycles. The van der Waals surface area contributed by atoms with Gasteiger partial charge in [-0.05, 0) is 61.3 Å². The van der Waals surface area contributed by atoms with Gasteiger partial charge in [-0.3, -0.25) is 14.4 Å². The fourth-order valence-electron chi connectivity index (χ4n) is 5.68. The molecule has 0 aromatic heterocycles. The van der Waals surface area contributed by atoms with E-state index in [1.54, 1.807) is 11.8 Å². The minimum atomic E-state index is -0.454. The van der Waals surface area contributed by atoms with Gasteiger partial charge in [-0.25, -0.2) is 4.99 Å². The maximum Gasteiger partial charge on any atom is 0.310 e. The number of fused-ring (bicyclic) bond motifs is 1. The lowest BCUT2D eigenvalue weighted by molar-refractivity contribution is -0.151. The summed E-state index contributed by atoms with van der Waals surface area (Å²) >= 11 is 1.47. The molecule has 0 bridgehead atoms. The number of piperidine rings is 1. The first-order chi connectivity index (χ1) is 20.3. The quantitative estimate of drug-likeness (QED) is 0.370. The van der Waals surface area contributed by atoms with Crippen LogP contribution >= 0.6 is 11.8 Å². The van der Waals surface area contributed by atoms with Crippen LogP contribution in [-0.4, -0.2) is 52.4 Å². The van der Waals surface area contributed by atoms with Gasteiger partial charge in [0.1, 0.15) is 0 Å². The highest BCUT2D eigenvalue weighted by Gasteiger charge is 2.41. The maximum absolute atomic E-state index is 13.8. The van der Waals surface area contributed by atoms with Crippen LogP contribution in [0, 0.1) is 5.92 Å². The molecule has 3 aliphatic rings. The van der Waals surface area contributed by atoms with Gasteiger partial charge in [0.2, 0.25) is 5.91 Å². The average molecular weight is 587 g/mol. The lowest BCUT2D eigenvalue weighted by atomic mass is 9.91. The number of nitrogens with zero attached hydrogens (tertiary/aromatic N) is 3. The van der Waals surface area contributed by atoms with E-state index in [9.17, 15) is 14.4 Å². The minimum absolute atomic E-state index is 0.0485. The zero-order chi connectivity index (χ0) is 29.8. The number of amidine groups is 1. The van der Waals surface area contributed by atoms with Gasteiger partial charge in [0.15, 0.2) is 5.17 Å². The van der Waals surface area contributed by atoms with Crippen LogP contribution in [0.1, 0.15) is 70.0 Å². The number of hydrogen-bond donors (Lipinski definition) is 1. The summed E-state index contributed by atoms with van der Waals surface area (Å²) in [6.07, 6.45) is 1.63. The number of ether oxygens (including phenoxy) is 1. The molecule has 1 fully saturated rings. The number of allylic oxidation sites excluding steroid dienone is 1. The molecule has 3 aliphatic heterocycles. The Labute approximate surface area is 251 Å². The van der Waals surface area contributed by atoms with E-state index in [-0.39, 0.29) is 30.1 Å². The molecule has 3 heterocycles. The normalized spacial score (nSPS) is 20.2. The molecule has 2 amide bonds. The molecular weight excluding hydrogens is 548 g/mol. The smallest absolute Gasteiger partial charge is 0.310 e. The van der Waals surface area contributed by atoms with Crippen molar-refractivity contribution in [3.05, 3.63) is 88.1 Å². The first kappa shape index (κ1) is 29.6. The highest BCUT2D eigenvalue weighted by molar-refractivity contribution is 8.16. The molecule has 2 aromatic carbocycles. The lowest BCUT2D eigenvalue weighted by Gasteiger charge is -2.37. The Morgan fingerprint density at radius 1 is 1.10 bits per heavy atom. The van der Waals surface area contributed by atoms with Gasteiger partial charge in [-0.2, -0.15) is 0 Å². The number of anilines is 1. The molecule has 8 nitrogen and oxygen atoms in total. The van der Waals surface area contributed by atoms with Crippen molar-refractivity contribution >= 4 is 40.4 Å². The van der Waals surface area contributed by atoms with E-state index in [1.807, 2.05) is 47.6 Å². The van der Waals surface area contributed by atoms with Gasteiger partial charge >= 0.3 is 5.97 Å². The van der Waals surface area contributed by atoms with Crippen molar-refractivity contribution < 1.29 is 19.1 Å². The largest absolute Gasteiger partial charge is 0.466 e. The van der Waals surface area contributed by atoms with Crippen LogP contribution in [0.25, 0.3) is 0 Å². The molecule has 0 unspecified atom stereocenters. The first-order valence-corrected chi connectivity index (χ1v) is 15.5. The topological polar surface area (TPSA) is 91.3 Å². The molecule has 0 spiro atoms. The van der Waals surface area contributed by atoms with Crippen molar-refractivity contribution in [3.63, 3.8) is 0 Å². The minimum Gasteiger partial charge on any atom is -0.466 e. The fourth-order valence-corrected chi connectivity index (χ4v) is 6.65. The van der Waals surface area contributed by atoms with Gasteiger partial charge in [0.25, 0.3) is 5.91 Å². The van der Waals surface area contributed by atoms with E-state index in [0.717, 1.165) is 29.3 Å². The summed E-state index contributed by atoms with van der Waals surface area (Å²) < 4.78 is 5.23. The number of aliphatic imine (C=N–C) groups is 1. The number of hydrogen-bond acceptors (Lipinski definition) is 7. The monoisotopic (exact) mass is 586 g/mol. The van der Waals surface area contributed by atoms with Gasteiger partial charge in [0, 0.05) is 24.5 Å². The maximum atomic E-state index is 13.8. The number of benzene rings is 2. The molecule has 1 saturated heterocycles. The molecular formula is C33H38N4O4S. The lowest BCUT2D eigenvalue weighted by Crippen LogP contribution is -2.44. The zero-order valence-electron chi connectivity index (χ0n) is 24.6. The Morgan fingerprint density at radius 3 is 2.52 bits per heavy atom. The summed E-state index contributed by atoms with van der Waals surface area (Å²) in [5.74, 6) is -0.439. The number of nitrogens with one attached hydrogen (secondary N) is 1. The van der Waals surface area contributed by atoms with Crippen LogP contribution in [0.2, 0.25) is 0 Å². The highest BCUT2D eigenvalue weighted by Crippen LogP contribution is 2.45. The van der Waals surface area contributed by atoms with Gasteiger partial charge < -0.3 is 19.9 Å². The van der Waals surface area contributed by atoms with Gasteiger partial charge in [0.05, 0.1) is 36.3 Å². The SMILES string of the molecule is CCOC(=O)[C@@H]1CCCN(C(=O)CC2=CSC3=NC(C)=C(C(=O)Nc4ccccc4)[C@@H](c4ccc(C(C)C)cc4)N23)C1. The second-order valence-corrected chi connectivity index (χ2v) is 12.0. The third-order valence-electron chi connectivity index (χ3n) is 7.92. The molecule has 0 radical (unpaired) electrons. The number of likely N-dealkylation sites (tertiary alicyclic amines) is 1. The second kappa shape index (κ2) is 13.0. The van der Waals surface area contributed by atoms with E-state index < -0.39 is 6.04 Å². The number of amides is 2. The average Bonchev–Trinajstić information content (AvgIpc) is 3.38. The van der Waals surface area contributed by atoms with Crippen LogP contribution in [0.4, 0.5) is 5.69 Å². The van der Waals surface area contributed by atoms with E-state index >= 15 is 0 Å². The summed E-state index contributed by atoms with van der Waals surface area (Å²) in [6.45, 7) is 9.27. The van der Waals surface area contributed by atoms with E-state index in [4.69, 9.17) is 9.73 Å². The van der Waals surface area contributed by atoms with Crippen molar-refractivity contribution in [2.75, 3.05) is 25.0 Å². The zero-order valence-corrected chi connectivity index (χ0v) is 25.4. The van der Waals surface area contributed by atoms with Crippen LogP contribution in [0.5, 0.6) is 0 Å². The first-order valence-electron chi connectivity index (χ1n) is 14.6. The fraction of sp³-hybridized carbons (Fsp3) is 0.394. The van der Waals surface area contributed by atoms with Crippen LogP contribution < -0.4 is 5.32 Å². The Balaban J connectivity index is 1.44. The highest BCUT2D eigenvalue weighted by atomic mass is 32.2. The predicted molar refractivity (Wildman–Crippen MR) is 167 cm³/mol. The molecule has 42 heavy (non-hydrogen) atoms. The number of para-hydroxylation sites is 1. The molecule has 9 heteroatoms. The summed E-state index contributed by atoms with van der Waals surface area (Å²) in [6, 6.07) is 17.3. The predicted octanol–water partition coefficient (Wildman–Crippen LogP) is 6.22. The third-order valence-corrected chi connectivity index (χ3v) is 8.81. The van der Waals surface area contributed by atoms with E-state index in [1.165, 1.54) is 17.3 Å². The molecule has 5 rings (SSSR count). The summed E-state index contributed by atoms with van der Waals surface area (Å²) in [5, 5.41) is 5.75. The number of rotatable bonds is 8. The molecule has 2 aromatic rings. The Morgan fingerprint density at radius 2 is 1.83 bits per heavy atom. The van der Waals surface area contributed by atoms with Crippen LogP contribution in [0.15, 0.2) is 82.0 Å². The summed E-state index contributed by atoms with van der Waals surface area (Å²) in [7, 11) is 0. The Bertz CT molecular complexity index is 1430. The van der Waals surface area contributed by atoms with Crippen molar-refractivity contribution in [1.82, 2.24) is 9.80 Å². The van der Waals surface area contributed by atoms with Crippen molar-refractivity contribution in [2.24, 2.45) is 10.9 Å². The van der Waals surface area contributed by atoms with Crippen molar-refractivity contribution in [3.8, 4) is 0 Å². The van der Waals surface area contributed by atoms with Crippen LogP contribution in [-0.2, 0) is 19.1 Å². The number of esters is 1. The van der Waals surface area contributed by atoms with Gasteiger partial charge in [-0.15, -0.1) is 0 Å². The Kier molecular flexibility index (Phi) is 9.16. The van der Waals surface area contributed by atoms with Crippen LogP contribution in [0.3, 0.4) is 0 Å².